The highest BCUT2D eigenvalue weighted by Gasteiger charge is 2.34. The third kappa shape index (κ3) is 7.54. The number of hydrogen-bond donors (Lipinski definition) is 2. The minimum atomic E-state index is -4.65. The summed E-state index contributed by atoms with van der Waals surface area (Å²) in [5, 5.41) is 10.6. The van der Waals surface area contributed by atoms with Crippen molar-refractivity contribution in [1.82, 2.24) is 4.90 Å². The molecule has 0 fully saturated rings. The van der Waals surface area contributed by atoms with Crippen molar-refractivity contribution < 1.29 is 27.9 Å². The first kappa shape index (κ1) is 21.5. The summed E-state index contributed by atoms with van der Waals surface area (Å²) >= 11 is 5.54. The molecule has 10 heteroatoms. The van der Waals surface area contributed by atoms with Gasteiger partial charge in [-0.25, -0.2) is 0 Å². The van der Waals surface area contributed by atoms with Crippen LogP contribution in [-0.4, -0.2) is 42.0 Å². The Morgan fingerprint density at radius 2 is 1.96 bits per heavy atom. The summed E-state index contributed by atoms with van der Waals surface area (Å²) in [4.78, 5) is 23.5. The summed E-state index contributed by atoms with van der Waals surface area (Å²) in [7, 11) is 1.50. The van der Waals surface area contributed by atoms with Crippen LogP contribution in [0.15, 0.2) is 18.2 Å². The molecular formula is C13H15Cl2F3N2O3. The van der Waals surface area contributed by atoms with Crippen molar-refractivity contribution in [2.24, 2.45) is 0 Å². The SMILES string of the molecule is CN(CCC(=O)O)CC(=O)Nc1ccc(Cl)cc1C(F)(F)F.Cl. The molecule has 1 amide bonds. The molecule has 0 bridgehead atoms. The zero-order valence-electron chi connectivity index (χ0n) is 12.0. The van der Waals surface area contributed by atoms with Crippen molar-refractivity contribution in [3.05, 3.63) is 28.8 Å². The average molecular weight is 375 g/mol. The standard InChI is InChI=1S/C13H14ClF3N2O3.ClH/c1-19(5-4-12(21)22)7-11(20)18-10-3-2-8(14)6-9(10)13(15,16)17;/h2-3,6H,4-5,7H2,1H3,(H,18,20)(H,21,22);1H. The number of carbonyl (C=O) groups excluding carboxylic acids is 1. The number of rotatable bonds is 6. The highest BCUT2D eigenvalue weighted by Crippen LogP contribution is 2.36. The minimum Gasteiger partial charge on any atom is -0.481 e. The van der Waals surface area contributed by atoms with Crippen LogP contribution in [0.2, 0.25) is 5.02 Å². The van der Waals surface area contributed by atoms with E-state index in [9.17, 15) is 22.8 Å². The highest BCUT2D eigenvalue weighted by molar-refractivity contribution is 6.30. The number of likely N-dealkylation sites (N-methyl/N-ethyl adjacent to an activating group) is 1. The van der Waals surface area contributed by atoms with E-state index in [1.54, 1.807) is 0 Å². The molecule has 1 rings (SSSR count). The number of carboxylic acids is 1. The summed E-state index contributed by atoms with van der Waals surface area (Å²) < 4.78 is 38.6. The lowest BCUT2D eigenvalue weighted by atomic mass is 10.1. The Labute approximate surface area is 141 Å². The first-order valence-electron chi connectivity index (χ1n) is 6.16. The Morgan fingerprint density at radius 3 is 2.48 bits per heavy atom. The number of benzene rings is 1. The van der Waals surface area contributed by atoms with Gasteiger partial charge in [0.25, 0.3) is 0 Å². The van der Waals surface area contributed by atoms with Crippen LogP contribution in [0.4, 0.5) is 18.9 Å². The van der Waals surface area contributed by atoms with Crippen LogP contribution in [0.1, 0.15) is 12.0 Å². The molecule has 0 unspecified atom stereocenters. The molecule has 0 aliphatic rings. The fraction of sp³-hybridized carbons (Fsp3) is 0.385. The zero-order valence-corrected chi connectivity index (χ0v) is 13.6. The lowest BCUT2D eigenvalue weighted by Gasteiger charge is -2.17. The van der Waals surface area contributed by atoms with Gasteiger partial charge in [-0.1, -0.05) is 11.6 Å². The molecule has 1 aromatic carbocycles. The summed E-state index contributed by atoms with van der Waals surface area (Å²) in [6.45, 7) is -0.122. The van der Waals surface area contributed by atoms with Crippen LogP contribution in [0.5, 0.6) is 0 Å². The number of alkyl halides is 3. The van der Waals surface area contributed by atoms with Gasteiger partial charge in [0, 0.05) is 11.6 Å². The largest absolute Gasteiger partial charge is 0.481 e. The summed E-state index contributed by atoms with van der Waals surface area (Å²) in [6, 6.07) is 3.03. The first-order chi connectivity index (χ1) is 10.1. The van der Waals surface area contributed by atoms with E-state index in [4.69, 9.17) is 16.7 Å². The fourth-order valence-electron chi connectivity index (χ4n) is 1.66. The quantitative estimate of drug-likeness (QED) is 0.802. The predicted octanol–water partition coefficient (Wildman–Crippen LogP) is 3.13. The molecule has 0 aromatic heterocycles. The number of amides is 1. The molecule has 0 atom stereocenters. The van der Waals surface area contributed by atoms with E-state index in [0.29, 0.717) is 0 Å². The van der Waals surface area contributed by atoms with Crippen molar-refractivity contribution in [2.45, 2.75) is 12.6 Å². The van der Waals surface area contributed by atoms with Gasteiger partial charge in [0.15, 0.2) is 0 Å². The summed E-state index contributed by atoms with van der Waals surface area (Å²) in [6.07, 6.45) is -4.82. The number of aliphatic carboxylic acids is 1. The van der Waals surface area contributed by atoms with E-state index >= 15 is 0 Å². The van der Waals surface area contributed by atoms with Gasteiger partial charge in [-0.05, 0) is 25.2 Å². The smallest absolute Gasteiger partial charge is 0.418 e. The van der Waals surface area contributed by atoms with E-state index < -0.39 is 29.3 Å². The van der Waals surface area contributed by atoms with Crippen molar-refractivity contribution >= 4 is 41.6 Å². The molecule has 23 heavy (non-hydrogen) atoms. The average Bonchev–Trinajstić information content (AvgIpc) is 2.37. The highest BCUT2D eigenvalue weighted by atomic mass is 35.5. The second-order valence-corrected chi connectivity index (χ2v) is 5.05. The van der Waals surface area contributed by atoms with Gasteiger partial charge in [-0.15, -0.1) is 12.4 Å². The second kappa shape index (κ2) is 8.95. The van der Waals surface area contributed by atoms with E-state index in [-0.39, 0.29) is 36.9 Å². The molecule has 0 spiro atoms. The predicted molar refractivity (Wildman–Crippen MR) is 82.1 cm³/mol. The zero-order chi connectivity index (χ0) is 16.9. The summed E-state index contributed by atoms with van der Waals surface area (Å²) in [5.74, 6) is -1.70. The number of anilines is 1. The van der Waals surface area contributed by atoms with Crippen molar-refractivity contribution in [3.8, 4) is 0 Å². The van der Waals surface area contributed by atoms with Crippen molar-refractivity contribution in [3.63, 3.8) is 0 Å². The number of nitrogens with one attached hydrogen (secondary N) is 1. The van der Waals surface area contributed by atoms with E-state index in [1.807, 2.05) is 0 Å². The normalized spacial score (nSPS) is 11.0. The topological polar surface area (TPSA) is 69.6 Å². The molecular weight excluding hydrogens is 360 g/mol. The fourth-order valence-corrected chi connectivity index (χ4v) is 1.83. The van der Waals surface area contributed by atoms with Gasteiger partial charge >= 0.3 is 12.1 Å². The third-order valence-corrected chi connectivity index (χ3v) is 2.92. The Morgan fingerprint density at radius 1 is 1.35 bits per heavy atom. The van der Waals surface area contributed by atoms with Crippen LogP contribution >= 0.6 is 24.0 Å². The maximum atomic E-state index is 12.9. The van der Waals surface area contributed by atoms with Crippen LogP contribution in [0.3, 0.4) is 0 Å². The Balaban J connectivity index is 0.00000484. The molecule has 2 N–H and O–H groups in total. The van der Waals surface area contributed by atoms with Gasteiger partial charge in [0.1, 0.15) is 0 Å². The Hall–Kier alpha value is -1.51. The van der Waals surface area contributed by atoms with Gasteiger partial charge in [-0.2, -0.15) is 13.2 Å². The first-order valence-corrected chi connectivity index (χ1v) is 6.54. The number of carboxylic acid groups (broad SMARTS) is 1. The summed E-state index contributed by atoms with van der Waals surface area (Å²) in [5.41, 5.74) is -1.44. The van der Waals surface area contributed by atoms with E-state index in [1.165, 1.54) is 18.0 Å². The molecule has 5 nitrogen and oxygen atoms in total. The van der Waals surface area contributed by atoms with E-state index in [2.05, 4.69) is 5.32 Å². The van der Waals surface area contributed by atoms with Crippen LogP contribution in [0.25, 0.3) is 0 Å². The molecule has 130 valence electrons. The van der Waals surface area contributed by atoms with Crippen molar-refractivity contribution in [1.29, 1.82) is 0 Å². The number of nitrogens with zero attached hydrogens (tertiary/aromatic N) is 1. The third-order valence-electron chi connectivity index (χ3n) is 2.68. The molecule has 0 heterocycles. The van der Waals surface area contributed by atoms with Gasteiger partial charge in [0.2, 0.25) is 5.91 Å². The Bertz CT molecular complexity index is 568. The number of carbonyl (C=O) groups is 2. The maximum absolute atomic E-state index is 12.9. The van der Waals surface area contributed by atoms with Gasteiger partial charge in [0.05, 0.1) is 24.2 Å². The number of halogens is 5. The monoisotopic (exact) mass is 374 g/mol. The second-order valence-electron chi connectivity index (χ2n) is 4.62. The lowest BCUT2D eigenvalue weighted by molar-refractivity contribution is -0.138. The minimum absolute atomic E-state index is 0. The van der Waals surface area contributed by atoms with Gasteiger partial charge in [-0.3, -0.25) is 14.5 Å². The maximum Gasteiger partial charge on any atom is 0.418 e. The molecule has 0 saturated carbocycles. The molecule has 0 aliphatic heterocycles. The molecule has 0 aliphatic carbocycles. The Kier molecular flexibility index (Phi) is 8.36. The molecule has 0 saturated heterocycles. The van der Waals surface area contributed by atoms with Crippen molar-refractivity contribution in [2.75, 3.05) is 25.5 Å². The molecule has 0 radical (unpaired) electrons. The lowest BCUT2D eigenvalue weighted by Crippen LogP contribution is -2.32. The van der Waals surface area contributed by atoms with Gasteiger partial charge < -0.3 is 10.4 Å². The van der Waals surface area contributed by atoms with E-state index in [0.717, 1.165) is 12.1 Å². The number of hydrogen-bond acceptors (Lipinski definition) is 3. The van der Waals surface area contributed by atoms with Crippen LogP contribution < -0.4 is 5.32 Å². The van der Waals surface area contributed by atoms with Crippen LogP contribution in [-0.2, 0) is 15.8 Å². The molecule has 1 aromatic rings. The van der Waals surface area contributed by atoms with Crippen LogP contribution in [0, 0.1) is 0 Å².